The number of nitrogens with zero attached hydrogens (tertiary/aromatic N) is 2. The first-order valence-corrected chi connectivity index (χ1v) is 32.5. The maximum absolute atomic E-state index is 12.7. The van der Waals surface area contributed by atoms with Crippen LogP contribution in [0.25, 0.3) is 11.3 Å². The van der Waals surface area contributed by atoms with Crippen molar-refractivity contribution < 1.29 is 28.7 Å². The number of hydrogen-bond acceptors (Lipinski definition) is 8. The number of aliphatic hydroxyl groups is 2. The van der Waals surface area contributed by atoms with Crippen LogP contribution in [0.1, 0.15) is 70.2 Å². The maximum Gasteiger partial charge on any atom is 0.192 e. The number of rotatable bonds is 11. The fourth-order valence-electron chi connectivity index (χ4n) is 5.45. The fraction of sp³-hybridized carbons (Fsp3) is 0.156. The molecule has 0 aliphatic rings. The van der Waals surface area contributed by atoms with Crippen LogP contribution in [-0.2, 0) is 27.2 Å². The Kier molecular flexibility index (Phi) is 44.7. The lowest BCUT2D eigenvalue weighted by Gasteiger charge is -2.35. The molecule has 0 spiro atoms. The van der Waals surface area contributed by atoms with Crippen LogP contribution in [-0.4, -0.2) is 46.7 Å². The van der Waals surface area contributed by atoms with E-state index >= 15 is 0 Å². The lowest BCUT2D eigenvalue weighted by Crippen LogP contribution is -2.46. The summed E-state index contributed by atoms with van der Waals surface area (Å²) in [6.07, 6.45) is 0.364. The molecule has 3 aromatic rings. The van der Waals surface area contributed by atoms with Crippen molar-refractivity contribution in [2.24, 2.45) is 0 Å². The van der Waals surface area contributed by atoms with Gasteiger partial charge in [-0.15, -0.1) is 0 Å². The molecule has 0 unspecified atom stereocenters. The average Bonchev–Trinajstić information content (AvgIpc) is 1.77. The van der Waals surface area contributed by atoms with Crippen molar-refractivity contribution in [3.05, 3.63) is 71.2 Å². The normalized spacial score (nSPS) is 7.80. The highest BCUT2D eigenvalue weighted by Crippen LogP contribution is 2.37. The molecule has 2 atom stereocenters. The van der Waals surface area contributed by atoms with E-state index in [1.807, 2.05) is 49.5 Å². The van der Waals surface area contributed by atoms with E-state index in [1.54, 1.807) is 19.9 Å². The molecule has 0 bridgehead atoms. The van der Waals surface area contributed by atoms with Gasteiger partial charge < -0.3 is 23.9 Å². The summed E-state index contributed by atoms with van der Waals surface area (Å²) in [5.41, 5.74) is 2.09. The van der Waals surface area contributed by atoms with Crippen LogP contribution >= 0.6 is 0 Å². The second-order valence-corrected chi connectivity index (χ2v) is 24.4. The summed E-state index contributed by atoms with van der Waals surface area (Å²) in [6, 6.07) is 13.1. The summed E-state index contributed by atoms with van der Waals surface area (Å²) in [6.45, 7) is 17.0. The SMILES string of the molecule is CC#CC#CC#CC#CC#CC#CC#CC#CC#CC#CC#CC#CC#CC#CC#CC#CC#CC#CC#CC#CC#CC#CC#CC#CC#CC#CC#CC#CC#CC#CC#CC#CC#CC.Cc1ccc(-c2ccc(CO[C@](C)(C(=O)CO)[C@@H](O)c3cc(CO[Si](C)(C)C(C)(C)C)on3)cc2)nc1. The molecule has 2 heterocycles. The maximum atomic E-state index is 12.7. The highest BCUT2D eigenvalue weighted by atomic mass is 28.4. The van der Waals surface area contributed by atoms with Crippen molar-refractivity contribution in [3.8, 4) is 402 Å². The lowest BCUT2D eigenvalue weighted by molar-refractivity contribution is -0.166. The largest absolute Gasteiger partial charge is 0.409 e. The third-order valence-electron chi connectivity index (χ3n) is 11.3. The van der Waals surface area contributed by atoms with E-state index in [2.05, 4.69) is 435 Å². The standard InChI is InChI=1S/C68H6.C28H38N2O6Si/c1-3-5-7-9-11-13-15-17-19-21-23-25-27-29-31-33-35-37-39-41-43-45-47-49-51-53-55-57-59-61-63-65-67-68-66-64-62-60-58-56-54-52-50-48-46-44-42-40-38-36-34-32-30-28-26-24-22-20-18-16-14-12-10-8-6-4-2;1-19-8-13-23(29-15-19)21-11-9-20(10-12-21)17-34-28(5,25(32)16-31)26(33)24-14-22(36-30-24)18-35-37(6,7)27(2,3)4/h1-2H3;8-15,26,31,33H,16-18H2,1-7H3/t;26-,28+/m.0/s1. The Bertz CT molecular complexity index is 5940. The average molecular weight is 1350 g/mol. The number of aryl methyl sites for hydroxylation is 1. The van der Waals surface area contributed by atoms with E-state index in [-0.39, 0.29) is 23.9 Å². The van der Waals surface area contributed by atoms with E-state index in [9.17, 15) is 15.0 Å². The molecule has 9 heteroatoms. The Morgan fingerprint density at radius 1 is 0.419 bits per heavy atom. The van der Waals surface area contributed by atoms with Gasteiger partial charge in [0.15, 0.2) is 25.5 Å². The Morgan fingerprint density at radius 2 is 0.686 bits per heavy atom. The number of pyridine rings is 1. The van der Waals surface area contributed by atoms with Crippen molar-refractivity contribution in [3.63, 3.8) is 0 Å². The molecular formula is C96H44N2O6Si. The Labute approximate surface area is 620 Å². The van der Waals surface area contributed by atoms with Gasteiger partial charge in [-0.05, 0) is 158 Å². The Hall–Kier alpha value is -17.2. The first-order chi connectivity index (χ1) is 51.2. The van der Waals surface area contributed by atoms with E-state index in [0.717, 1.165) is 22.4 Å². The van der Waals surface area contributed by atoms with Crippen LogP contribution in [0, 0.1) is 398 Å². The van der Waals surface area contributed by atoms with Crippen molar-refractivity contribution in [2.75, 3.05) is 6.61 Å². The van der Waals surface area contributed by atoms with Crippen molar-refractivity contribution in [2.45, 2.75) is 91.5 Å². The number of carbonyl (C=O) groups is 1. The summed E-state index contributed by atoms with van der Waals surface area (Å²) >= 11 is 0. The van der Waals surface area contributed by atoms with Gasteiger partial charge in [0.1, 0.15) is 18.4 Å². The van der Waals surface area contributed by atoms with Crippen LogP contribution in [0.5, 0.6) is 0 Å². The topological polar surface area (TPSA) is 115 Å². The molecule has 0 aliphatic heterocycles. The second kappa shape index (κ2) is 56.0. The molecule has 105 heavy (non-hydrogen) atoms. The number of hydrogen-bond donors (Lipinski definition) is 2. The molecule has 0 aliphatic carbocycles. The van der Waals surface area contributed by atoms with E-state index < -0.39 is 32.4 Å². The van der Waals surface area contributed by atoms with E-state index in [0.29, 0.717) is 5.76 Å². The van der Waals surface area contributed by atoms with Gasteiger partial charge in [0.05, 0.1) is 18.9 Å². The quantitative estimate of drug-likeness (QED) is 0.171. The van der Waals surface area contributed by atoms with Gasteiger partial charge in [-0.25, -0.2) is 0 Å². The van der Waals surface area contributed by atoms with Gasteiger partial charge in [-0.1, -0.05) is 68.1 Å². The number of ketones is 1. The van der Waals surface area contributed by atoms with Gasteiger partial charge in [0.2, 0.25) is 0 Å². The van der Waals surface area contributed by atoms with Crippen molar-refractivity contribution in [1.82, 2.24) is 10.1 Å². The van der Waals surface area contributed by atoms with Gasteiger partial charge in [-0.3, -0.25) is 9.78 Å². The minimum absolute atomic E-state index is 0.0319. The number of Topliss-reactive ketones (excluding diaryl/α,β-unsaturated/α-hetero) is 1. The predicted octanol–water partition coefficient (Wildman–Crippen LogP) is 6.28. The summed E-state index contributed by atoms with van der Waals surface area (Å²) in [7, 11) is -2.01. The molecule has 0 saturated heterocycles. The van der Waals surface area contributed by atoms with Gasteiger partial charge in [0, 0.05) is 302 Å². The molecule has 0 fully saturated rings. The first-order valence-electron chi connectivity index (χ1n) is 29.6. The fourth-order valence-corrected chi connectivity index (χ4v) is 6.39. The smallest absolute Gasteiger partial charge is 0.192 e. The first kappa shape index (κ1) is 83.9. The van der Waals surface area contributed by atoms with Gasteiger partial charge in [-0.2, -0.15) is 0 Å². The zero-order valence-electron chi connectivity index (χ0n) is 57.7. The molecule has 478 valence electrons. The Morgan fingerprint density at radius 3 is 0.914 bits per heavy atom. The molecule has 2 aromatic heterocycles. The zero-order valence-corrected chi connectivity index (χ0v) is 58.7. The van der Waals surface area contributed by atoms with E-state index in [1.165, 1.54) is 6.92 Å². The van der Waals surface area contributed by atoms with Gasteiger partial charge >= 0.3 is 0 Å². The zero-order chi connectivity index (χ0) is 76.1. The Balaban J connectivity index is 0.000000842. The van der Waals surface area contributed by atoms with Crippen LogP contribution in [0.3, 0.4) is 0 Å². The number of carbonyl (C=O) groups excluding carboxylic acids is 1. The predicted molar refractivity (Wildman–Crippen MR) is 411 cm³/mol. The molecule has 1 aromatic carbocycles. The number of benzene rings is 1. The number of ether oxygens (including phenoxy) is 1. The number of aliphatic hydroxyl groups excluding tert-OH is 2. The number of aromatic nitrogens is 2. The van der Waals surface area contributed by atoms with Crippen LogP contribution < -0.4 is 0 Å². The summed E-state index contributed by atoms with van der Waals surface area (Å²) in [4.78, 5) is 17.1. The lowest BCUT2D eigenvalue weighted by atomic mass is 9.91. The molecule has 0 amide bonds. The highest BCUT2D eigenvalue weighted by Gasteiger charge is 2.44. The van der Waals surface area contributed by atoms with E-state index in [4.69, 9.17) is 13.7 Å². The minimum Gasteiger partial charge on any atom is -0.409 e. The summed E-state index contributed by atoms with van der Waals surface area (Å²) in [5, 5.41) is 24.7. The molecule has 2 N–H and O–H groups in total. The molecule has 0 saturated carbocycles. The summed E-state index contributed by atoms with van der Waals surface area (Å²) in [5.74, 6) is 165. The van der Waals surface area contributed by atoms with Crippen molar-refractivity contribution in [1.29, 1.82) is 0 Å². The third-order valence-corrected chi connectivity index (χ3v) is 15.8. The highest BCUT2D eigenvalue weighted by molar-refractivity contribution is 6.74. The molecule has 8 nitrogen and oxygen atoms in total. The summed E-state index contributed by atoms with van der Waals surface area (Å²) < 4.78 is 17.5. The monoisotopic (exact) mass is 1350 g/mol. The van der Waals surface area contributed by atoms with Crippen LogP contribution in [0.15, 0.2) is 53.2 Å². The second-order valence-electron chi connectivity index (χ2n) is 19.6. The molecule has 0 radical (unpaired) electrons. The van der Waals surface area contributed by atoms with Gasteiger partial charge in [0.25, 0.3) is 0 Å². The third kappa shape index (κ3) is 43.5. The molecular weight excluding hydrogens is 1310 g/mol. The van der Waals surface area contributed by atoms with Crippen molar-refractivity contribution >= 4 is 14.1 Å². The minimum atomic E-state index is -2.01. The molecule has 3 rings (SSSR count). The van der Waals surface area contributed by atoms with Crippen LogP contribution in [0.2, 0.25) is 18.1 Å². The van der Waals surface area contributed by atoms with Crippen LogP contribution in [0.4, 0.5) is 0 Å².